The first kappa shape index (κ1) is 16.8. The van der Waals surface area contributed by atoms with Crippen molar-refractivity contribution in [2.75, 3.05) is 19.6 Å². The van der Waals surface area contributed by atoms with Crippen LogP contribution >= 0.6 is 0 Å². The number of amides is 1. The molecule has 6 nitrogen and oxygen atoms in total. The van der Waals surface area contributed by atoms with Crippen molar-refractivity contribution >= 4 is 16.8 Å². The number of carbonyl (C=O) groups excluding carboxylic acids is 1. The number of aryl methyl sites for hydroxylation is 1. The molecule has 26 heavy (non-hydrogen) atoms. The summed E-state index contributed by atoms with van der Waals surface area (Å²) in [5.41, 5.74) is 2.43. The Bertz CT molecular complexity index is 878. The molecule has 1 amide bonds. The molecule has 136 valence electrons. The molecule has 1 atom stereocenters. The number of nitrogens with zero attached hydrogens (tertiary/aromatic N) is 2. The summed E-state index contributed by atoms with van der Waals surface area (Å²) in [6.07, 6.45) is 5.34. The number of fused-ring (bicyclic) bond motifs is 1. The number of likely N-dealkylation sites (tertiary alicyclic amines) is 1. The number of benzene rings is 1. The van der Waals surface area contributed by atoms with E-state index in [9.17, 15) is 4.79 Å². The first-order chi connectivity index (χ1) is 12.7. The zero-order valence-electron chi connectivity index (χ0n) is 15.0. The summed E-state index contributed by atoms with van der Waals surface area (Å²) >= 11 is 0. The number of aromatic amines is 1. The largest absolute Gasteiger partial charge is 0.468 e. The van der Waals surface area contributed by atoms with Gasteiger partial charge < -0.3 is 9.73 Å². The predicted octanol–water partition coefficient (Wildman–Crippen LogP) is 3.42. The predicted molar refractivity (Wildman–Crippen MR) is 100 cm³/mol. The van der Waals surface area contributed by atoms with Crippen molar-refractivity contribution in [3.63, 3.8) is 0 Å². The Balaban J connectivity index is 1.51. The zero-order chi connectivity index (χ0) is 17.9. The molecule has 0 bridgehead atoms. The van der Waals surface area contributed by atoms with E-state index in [1.54, 1.807) is 6.26 Å². The number of furan rings is 1. The van der Waals surface area contributed by atoms with E-state index < -0.39 is 0 Å². The van der Waals surface area contributed by atoms with Crippen LogP contribution < -0.4 is 5.32 Å². The van der Waals surface area contributed by atoms with Gasteiger partial charge >= 0.3 is 0 Å². The van der Waals surface area contributed by atoms with Gasteiger partial charge in [0.15, 0.2) is 5.69 Å². The molecule has 1 aliphatic heterocycles. The maximum absolute atomic E-state index is 12.7. The number of hydrogen-bond acceptors (Lipinski definition) is 4. The van der Waals surface area contributed by atoms with Crippen LogP contribution in [0.15, 0.2) is 41.0 Å². The zero-order valence-corrected chi connectivity index (χ0v) is 15.0. The van der Waals surface area contributed by atoms with Crippen LogP contribution in [0, 0.1) is 6.92 Å². The average Bonchev–Trinajstić information content (AvgIpc) is 3.32. The molecule has 1 aromatic carbocycles. The fourth-order valence-corrected chi connectivity index (χ4v) is 3.69. The van der Waals surface area contributed by atoms with Crippen LogP contribution in [0.3, 0.4) is 0 Å². The number of hydrogen-bond donors (Lipinski definition) is 2. The van der Waals surface area contributed by atoms with Crippen molar-refractivity contribution < 1.29 is 9.21 Å². The summed E-state index contributed by atoms with van der Waals surface area (Å²) < 4.78 is 5.64. The van der Waals surface area contributed by atoms with Gasteiger partial charge in [0.1, 0.15) is 5.76 Å². The Morgan fingerprint density at radius 3 is 2.92 bits per heavy atom. The molecule has 0 saturated carbocycles. The first-order valence-electron chi connectivity index (χ1n) is 9.23. The van der Waals surface area contributed by atoms with Crippen molar-refractivity contribution in [1.29, 1.82) is 0 Å². The molecule has 6 heteroatoms. The molecule has 1 saturated heterocycles. The molecule has 1 aliphatic rings. The lowest BCUT2D eigenvalue weighted by molar-refractivity contribution is 0.0911. The van der Waals surface area contributed by atoms with Crippen LogP contribution in [-0.2, 0) is 0 Å². The van der Waals surface area contributed by atoms with E-state index in [1.165, 1.54) is 19.3 Å². The molecule has 0 spiro atoms. The third kappa shape index (κ3) is 3.37. The lowest BCUT2D eigenvalue weighted by Gasteiger charge is -2.33. The van der Waals surface area contributed by atoms with E-state index in [1.807, 2.05) is 37.3 Å². The molecule has 0 radical (unpaired) electrons. The average molecular weight is 352 g/mol. The number of piperidine rings is 1. The Morgan fingerprint density at radius 1 is 1.31 bits per heavy atom. The van der Waals surface area contributed by atoms with Crippen LogP contribution in [0.1, 0.15) is 47.1 Å². The van der Waals surface area contributed by atoms with Crippen LogP contribution in [0.2, 0.25) is 0 Å². The molecular weight excluding hydrogens is 328 g/mol. The molecule has 1 unspecified atom stereocenters. The summed E-state index contributed by atoms with van der Waals surface area (Å²) in [7, 11) is 0. The molecule has 4 rings (SSSR count). The van der Waals surface area contributed by atoms with Gasteiger partial charge in [-0.05, 0) is 57.1 Å². The normalized spacial score (nSPS) is 16.7. The quantitative estimate of drug-likeness (QED) is 0.738. The second-order valence-corrected chi connectivity index (χ2v) is 6.96. The van der Waals surface area contributed by atoms with Gasteiger partial charge in [-0.2, -0.15) is 5.10 Å². The Hall–Kier alpha value is -2.60. The van der Waals surface area contributed by atoms with Crippen LogP contribution in [0.25, 0.3) is 10.9 Å². The highest BCUT2D eigenvalue weighted by Crippen LogP contribution is 2.25. The number of carbonyl (C=O) groups is 1. The highest BCUT2D eigenvalue weighted by atomic mass is 16.3. The Kier molecular flexibility index (Phi) is 4.75. The summed E-state index contributed by atoms with van der Waals surface area (Å²) in [4.78, 5) is 15.1. The van der Waals surface area contributed by atoms with Gasteiger partial charge in [0.2, 0.25) is 0 Å². The van der Waals surface area contributed by atoms with Gasteiger partial charge in [0.05, 0.1) is 17.8 Å². The van der Waals surface area contributed by atoms with E-state index in [0.29, 0.717) is 12.2 Å². The number of rotatable bonds is 5. The monoisotopic (exact) mass is 352 g/mol. The van der Waals surface area contributed by atoms with E-state index in [-0.39, 0.29) is 11.9 Å². The Labute approximate surface area is 152 Å². The lowest BCUT2D eigenvalue weighted by atomic mass is 10.1. The summed E-state index contributed by atoms with van der Waals surface area (Å²) in [5, 5.41) is 11.1. The molecule has 2 aromatic heterocycles. The molecule has 2 N–H and O–H groups in total. The maximum atomic E-state index is 12.7. The minimum Gasteiger partial charge on any atom is -0.468 e. The van der Waals surface area contributed by atoms with Crippen molar-refractivity contribution in [2.24, 2.45) is 0 Å². The number of aromatic nitrogens is 2. The van der Waals surface area contributed by atoms with Crippen molar-refractivity contribution in [1.82, 2.24) is 20.4 Å². The topological polar surface area (TPSA) is 74.2 Å². The highest BCUT2D eigenvalue weighted by molar-refractivity contribution is 6.04. The lowest BCUT2D eigenvalue weighted by Crippen LogP contribution is -2.40. The first-order valence-corrected chi connectivity index (χ1v) is 9.23. The van der Waals surface area contributed by atoms with E-state index in [4.69, 9.17) is 4.42 Å². The highest BCUT2D eigenvalue weighted by Gasteiger charge is 2.25. The molecule has 0 aliphatic carbocycles. The fourth-order valence-electron chi connectivity index (χ4n) is 3.69. The summed E-state index contributed by atoms with van der Waals surface area (Å²) in [5.74, 6) is 0.741. The Morgan fingerprint density at radius 2 is 2.15 bits per heavy atom. The van der Waals surface area contributed by atoms with Gasteiger partial charge in [-0.1, -0.05) is 18.1 Å². The third-order valence-electron chi connectivity index (χ3n) is 5.09. The number of H-pyrrole nitrogens is 1. The van der Waals surface area contributed by atoms with Crippen LogP contribution in [-0.4, -0.2) is 40.6 Å². The van der Waals surface area contributed by atoms with Crippen molar-refractivity contribution in [3.05, 3.63) is 53.6 Å². The summed E-state index contributed by atoms with van der Waals surface area (Å²) in [6.45, 7) is 4.58. The fraction of sp³-hybridized carbons (Fsp3) is 0.400. The van der Waals surface area contributed by atoms with E-state index in [0.717, 1.165) is 35.3 Å². The smallest absolute Gasteiger partial charge is 0.272 e. The van der Waals surface area contributed by atoms with E-state index >= 15 is 0 Å². The molecule has 3 heterocycles. The second-order valence-electron chi connectivity index (χ2n) is 6.96. The standard InChI is InChI=1S/C20H24N4O2/c1-14-7-8-16-15(12-14)19(23-22-16)20(25)21-13-17(18-6-5-11-26-18)24-9-3-2-4-10-24/h5-8,11-12,17H,2-4,9-10,13H2,1H3,(H,21,25)(H,22,23). The second kappa shape index (κ2) is 7.33. The van der Waals surface area contributed by atoms with Crippen molar-refractivity contribution in [3.8, 4) is 0 Å². The van der Waals surface area contributed by atoms with Crippen LogP contribution in [0.5, 0.6) is 0 Å². The van der Waals surface area contributed by atoms with E-state index in [2.05, 4.69) is 20.4 Å². The third-order valence-corrected chi connectivity index (χ3v) is 5.09. The molecule has 3 aromatic rings. The molecule has 1 fully saturated rings. The van der Waals surface area contributed by atoms with Crippen molar-refractivity contribution in [2.45, 2.75) is 32.2 Å². The van der Waals surface area contributed by atoms with Gasteiger partial charge in [-0.25, -0.2) is 0 Å². The minimum atomic E-state index is -0.157. The maximum Gasteiger partial charge on any atom is 0.272 e. The van der Waals surface area contributed by atoms with Gasteiger partial charge in [-0.15, -0.1) is 0 Å². The molecular formula is C20H24N4O2. The number of nitrogens with one attached hydrogen (secondary N) is 2. The SMILES string of the molecule is Cc1ccc2[nH]nc(C(=O)NCC(c3ccco3)N3CCCCC3)c2c1. The summed E-state index contributed by atoms with van der Waals surface area (Å²) in [6, 6.07) is 9.89. The minimum absolute atomic E-state index is 0.0567. The van der Waals surface area contributed by atoms with Gasteiger partial charge in [-0.3, -0.25) is 14.8 Å². The van der Waals surface area contributed by atoms with Gasteiger partial charge in [0, 0.05) is 11.9 Å². The van der Waals surface area contributed by atoms with Gasteiger partial charge in [0.25, 0.3) is 5.91 Å². The van der Waals surface area contributed by atoms with Crippen LogP contribution in [0.4, 0.5) is 0 Å².